The highest BCUT2D eigenvalue weighted by Gasteiger charge is 2.25. The monoisotopic (exact) mass is 439 g/mol. The second kappa shape index (κ2) is 10.5. The predicted octanol–water partition coefficient (Wildman–Crippen LogP) is 4.31. The molecule has 0 fully saturated rings. The fourth-order valence-electron chi connectivity index (χ4n) is 3.53. The maximum atomic E-state index is 13.9. The summed E-state index contributed by atoms with van der Waals surface area (Å²) in [7, 11) is 1.51. The maximum absolute atomic E-state index is 13.9. The molecular weight excluding hydrogens is 416 g/mol. The summed E-state index contributed by atoms with van der Waals surface area (Å²) in [5, 5.41) is 12.1. The number of benzene rings is 3. The van der Waals surface area contributed by atoms with Crippen molar-refractivity contribution in [3.05, 3.63) is 101 Å². The van der Waals surface area contributed by atoms with Gasteiger partial charge in [-0.1, -0.05) is 42.5 Å². The highest BCUT2D eigenvalue weighted by molar-refractivity contribution is 5.84. The average Bonchev–Trinajstić information content (AvgIpc) is 2.77. The molecule has 1 amide bonds. The van der Waals surface area contributed by atoms with E-state index in [-0.39, 0.29) is 18.4 Å². The Kier molecular flexibility index (Phi) is 7.54. The van der Waals surface area contributed by atoms with Crippen molar-refractivity contribution >= 4 is 11.9 Å². The molecule has 0 aliphatic heterocycles. The van der Waals surface area contributed by atoms with Crippen molar-refractivity contribution in [2.45, 2.75) is 24.8 Å². The van der Waals surface area contributed by atoms with Crippen molar-refractivity contribution in [1.82, 2.24) is 5.32 Å². The molecule has 3 aromatic carbocycles. The molecule has 1 unspecified atom stereocenters. The van der Waals surface area contributed by atoms with Gasteiger partial charge in [-0.3, -0.25) is 4.79 Å². The number of amides is 1. The van der Waals surface area contributed by atoms with Gasteiger partial charge in [-0.2, -0.15) is 0 Å². The van der Waals surface area contributed by atoms with E-state index in [1.165, 1.54) is 19.2 Å². The number of halogens is 2. The van der Waals surface area contributed by atoms with E-state index in [0.717, 1.165) is 11.6 Å². The van der Waals surface area contributed by atoms with Crippen molar-refractivity contribution in [2.24, 2.45) is 0 Å². The molecule has 0 bridgehead atoms. The van der Waals surface area contributed by atoms with Gasteiger partial charge in [-0.25, -0.2) is 13.6 Å². The van der Waals surface area contributed by atoms with Gasteiger partial charge in [-0.15, -0.1) is 0 Å². The first-order valence-electron chi connectivity index (χ1n) is 10.0. The van der Waals surface area contributed by atoms with Crippen LogP contribution in [0.5, 0.6) is 5.75 Å². The topological polar surface area (TPSA) is 75.6 Å². The van der Waals surface area contributed by atoms with Crippen LogP contribution in [0.2, 0.25) is 0 Å². The van der Waals surface area contributed by atoms with Crippen LogP contribution in [0, 0.1) is 11.6 Å². The molecule has 0 heterocycles. The van der Waals surface area contributed by atoms with Gasteiger partial charge in [0.2, 0.25) is 5.91 Å². The van der Waals surface area contributed by atoms with Crippen LogP contribution in [0.3, 0.4) is 0 Å². The second-order valence-corrected chi connectivity index (χ2v) is 7.38. The number of nitrogens with one attached hydrogen (secondary N) is 1. The Labute approximate surface area is 184 Å². The lowest BCUT2D eigenvalue weighted by atomic mass is 9.88. The zero-order chi connectivity index (χ0) is 23.1. The van der Waals surface area contributed by atoms with Crippen molar-refractivity contribution < 1.29 is 28.2 Å². The van der Waals surface area contributed by atoms with E-state index in [2.05, 4.69) is 5.32 Å². The molecule has 3 aromatic rings. The van der Waals surface area contributed by atoms with E-state index in [1.807, 2.05) is 6.07 Å². The summed E-state index contributed by atoms with van der Waals surface area (Å²) in [6.07, 6.45) is -0.0719. The molecule has 166 valence electrons. The third kappa shape index (κ3) is 6.14. The molecule has 0 aliphatic carbocycles. The predicted molar refractivity (Wildman–Crippen MR) is 116 cm³/mol. The lowest BCUT2D eigenvalue weighted by molar-refractivity contribution is -0.141. The quantitative estimate of drug-likeness (QED) is 0.521. The average molecular weight is 439 g/mol. The normalized spacial score (nSPS) is 12.6. The Morgan fingerprint density at radius 1 is 0.938 bits per heavy atom. The van der Waals surface area contributed by atoms with Gasteiger partial charge < -0.3 is 15.2 Å². The van der Waals surface area contributed by atoms with Crippen molar-refractivity contribution in [1.29, 1.82) is 0 Å². The van der Waals surface area contributed by atoms with E-state index in [4.69, 9.17) is 4.74 Å². The van der Waals surface area contributed by atoms with Crippen LogP contribution in [-0.2, 0) is 16.0 Å². The summed E-state index contributed by atoms with van der Waals surface area (Å²) < 4.78 is 32.9. The molecule has 3 rings (SSSR count). The summed E-state index contributed by atoms with van der Waals surface area (Å²) >= 11 is 0. The standard InChI is InChI=1S/C25H23F2NO4/c1-32-21-9-7-17(8-10-21)22(18-12-19(26)14-20(27)13-18)15-24(29)28-23(25(30)31)11-16-5-3-2-4-6-16/h2-10,12-14,22-23H,11,15H2,1H3,(H,28,29)(H,30,31)/t22?,23-/m0/s1. The summed E-state index contributed by atoms with van der Waals surface area (Å²) in [5.74, 6) is -3.31. The Morgan fingerprint density at radius 2 is 1.56 bits per heavy atom. The molecule has 2 N–H and O–H groups in total. The van der Waals surface area contributed by atoms with Crippen molar-refractivity contribution in [3.63, 3.8) is 0 Å². The zero-order valence-corrected chi connectivity index (χ0v) is 17.4. The summed E-state index contributed by atoms with van der Waals surface area (Å²) in [6, 6.07) is 17.7. The number of carboxylic acids is 1. The minimum absolute atomic E-state index is 0.115. The van der Waals surface area contributed by atoms with Crippen LogP contribution >= 0.6 is 0 Å². The molecule has 0 radical (unpaired) electrons. The summed E-state index contributed by atoms with van der Waals surface area (Å²) in [5.41, 5.74) is 1.68. The van der Waals surface area contributed by atoms with Gasteiger partial charge in [0.15, 0.2) is 0 Å². The van der Waals surface area contributed by atoms with Gasteiger partial charge in [0, 0.05) is 24.8 Å². The number of ether oxygens (including phenoxy) is 1. The lowest BCUT2D eigenvalue weighted by Gasteiger charge is -2.20. The minimum Gasteiger partial charge on any atom is -0.497 e. The molecule has 0 saturated heterocycles. The van der Waals surface area contributed by atoms with E-state index in [9.17, 15) is 23.5 Å². The molecule has 0 saturated carbocycles. The largest absolute Gasteiger partial charge is 0.497 e. The Bertz CT molecular complexity index is 1050. The Morgan fingerprint density at radius 3 is 2.12 bits per heavy atom. The van der Waals surface area contributed by atoms with Gasteiger partial charge >= 0.3 is 5.97 Å². The van der Waals surface area contributed by atoms with Crippen LogP contribution in [0.15, 0.2) is 72.8 Å². The minimum atomic E-state index is -1.17. The molecule has 0 aromatic heterocycles. The van der Waals surface area contributed by atoms with Gasteiger partial charge in [0.25, 0.3) is 0 Å². The van der Waals surface area contributed by atoms with Crippen LogP contribution in [-0.4, -0.2) is 30.1 Å². The zero-order valence-electron chi connectivity index (χ0n) is 17.4. The highest BCUT2D eigenvalue weighted by atomic mass is 19.1. The van der Waals surface area contributed by atoms with Gasteiger partial charge in [0.05, 0.1) is 7.11 Å². The van der Waals surface area contributed by atoms with E-state index in [0.29, 0.717) is 11.3 Å². The second-order valence-electron chi connectivity index (χ2n) is 7.38. The summed E-state index contributed by atoms with van der Waals surface area (Å²) in [6.45, 7) is 0. The van der Waals surface area contributed by atoms with Crippen LogP contribution in [0.25, 0.3) is 0 Å². The van der Waals surface area contributed by atoms with Crippen molar-refractivity contribution in [3.8, 4) is 5.75 Å². The third-order valence-corrected chi connectivity index (χ3v) is 5.11. The van der Waals surface area contributed by atoms with Gasteiger partial charge in [0.1, 0.15) is 23.4 Å². The number of hydrogen-bond acceptors (Lipinski definition) is 3. The number of carbonyl (C=O) groups is 2. The fraction of sp³-hybridized carbons (Fsp3) is 0.200. The van der Waals surface area contributed by atoms with Crippen LogP contribution < -0.4 is 10.1 Å². The third-order valence-electron chi connectivity index (χ3n) is 5.11. The van der Waals surface area contributed by atoms with Gasteiger partial charge in [-0.05, 0) is 41.0 Å². The highest BCUT2D eigenvalue weighted by Crippen LogP contribution is 2.30. The number of aliphatic carboxylic acids is 1. The Hall–Kier alpha value is -3.74. The number of carboxylic acid groups (broad SMARTS) is 1. The SMILES string of the molecule is COc1ccc(C(CC(=O)N[C@@H](Cc2ccccc2)C(=O)O)c2cc(F)cc(F)c2)cc1. The molecule has 5 nitrogen and oxygen atoms in total. The van der Waals surface area contributed by atoms with E-state index in [1.54, 1.807) is 48.5 Å². The summed E-state index contributed by atoms with van der Waals surface area (Å²) in [4.78, 5) is 24.5. The number of carbonyl (C=O) groups excluding carboxylic acids is 1. The molecule has 2 atom stereocenters. The molecule has 32 heavy (non-hydrogen) atoms. The smallest absolute Gasteiger partial charge is 0.326 e. The maximum Gasteiger partial charge on any atom is 0.326 e. The molecular formula is C25H23F2NO4. The number of methoxy groups -OCH3 is 1. The number of hydrogen-bond donors (Lipinski definition) is 2. The fourth-order valence-corrected chi connectivity index (χ4v) is 3.53. The first-order valence-corrected chi connectivity index (χ1v) is 10.0. The number of rotatable bonds is 9. The first-order chi connectivity index (χ1) is 15.4. The van der Waals surface area contributed by atoms with E-state index < -0.39 is 35.5 Å². The molecule has 0 aliphatic rings. The van der Waals surface area contributed by atoms with Crippen molar-refractivity contribution in [2.75, 3.05) is 7.11 Å². The molecule has 7 heteroatoms. The lowest BCUT2D eigenvalue weighted by Crippen LogP contribution is -2.42. The first kappa shape index (κ1) is 22.9. The Balaban J connectivity index is 1.84. The van der Waals surface area contributed by atoms with Crippen LogP contribution in [0.4, 0.5) is 8.78 Å². The van der Waals surface area contributed by atoms with E-state index >= 15 is 0 Å². The van der Waals surface area contributed by atoms with Crippen LogP contribution in [0.1, 0.15) is 29.0 Å². The molecule has 0 spiro atoms.